The zero-order valence-corrected chi connectivity index (χ0v) is 42.6. The molecule has 392 valence electrons. The zero-order valence-electron chi connectivity index (χ0n) is 42.6. The fourth-order valence-electron chi connectivity index (χ4n) is 9.36. The fourth-order valence-corrected chi connectivity index (χ4v) is 9.36. The summed E-state index contributed by atoms with van der Waals surface area (Å²) in [4.78, 5) is 54.0. The molecule has 0 atom stereocenters. The number of aliphatic hydroxyl groups is 6. The molecule has 6 N–H and O–H groups in total. The van der Waals surface area contributed by atoms with E-state index < -0.39 is 76.7 Å². The number of esters is 3. The van der Waals surface area contributed by atoms with Gasteiger partial charge in [-0.05, 0) is 71.5 Å². The van der Waals surface area contributed by atoms with Crippen molar-refractivity contribution in [3.63, 3.8) is 0 Å². The highest BCUT2D eigenvalue weighted by molar-refractivity contribution is 5.96. The average Bonchev–Trinajstić information content (AvgIpc) is 3.33. The molecule has 0 aromatic rings. The molecule has 0 amide bonds. The van der Waals surface area contributed by atoms with E-state index in [4.69, 9.17) is 27.4 Å². The molecule has 0 aromatic heterocycles. The third-order valence-corrected chi connectivity index (χ3v) is 12.5. The first-order valence-electron chi connectivity index (χ1n) is 23.8. The number of aliphatic hydroxyl groups excluding tert-OH is 6. The Hall–Kier alpha value is -7.05. The quantitative estimate of drug-likeness (QED) is 0.0266. The number of hydrogen-bond donors (Lipinski definition) is 6. The average molecular weight is 1010 g/mol. The van der Waals surface area contributed by atoms with Crippen molar-refractivity contribution in [3.8, 4) is 24.3 Å². The van der Waals surface area contributed by atoms with E-state index in [1.807, 2.05) is 53.7 Å². The van der Waals surface area contributed by atoms with Crippen molar-refractivity contribution in [3.05, 3.63) is 90.3 Å². The van der Waals surface area contributed by atoms with E-state index in [1.165, 1.54) is 0 Å². The molecular weight excluding hydrogens is 943 g/mol. The number of nitrogens with zero attached hydrogens (tertiary/aromatic N) is 9. The van der Waals surface area contributed by atoms with E-state index in [0.29, 0.717) is 36.4 Å². The molecule has 3 aliphatic rings. The summed E-state index contributed by atoms with van der Waals surface area (Å²) in [7, 11) is 0. The molecule has 3 rings (SSSR count). The van der Waals surface area contributed by atoms with Crippen LogP contribution in [0.3, 0.4) is 0 Å². The molecule has 0 spiro atoms. The maximum atomic E-state index is 14.0. The SMILES string of the molecule is [C-]#[N+]C1=C(N(CCO)CCO)CC(C)(C)C/C1=C(/[N+]#[C-])C(=O)OCC(COC(=O)/C(C#N)=C1\CC(C)(C)CC(N(CCO)CCO)=C1C#N)COC(=O)/C(C#N)=C1\CC(C)(C)CC(N(CCO)CCO)=C1C#N. The summed E-state index contributed by atoms with van der Waals surface area (Å²) in [6, 6.07) is 7.87. The van der Waals surface area contributed by atoms with Crippen molar-refractivity contribution < 1.29 is 59.2 Å². The van der Waals surface area contributed by atoms with Gasteiger partial charge in [-0.2, -0.15) is 21.0 Å². The Labute approximate surface area is 427 Å². The van der Waals surface area contributed by atoms with Gasteiger partial charge >= 0.3 is 17.9 Å². The fraction of sp³-hybridized carbons (Fsp3) is 0.596. The summed E-state index contributed by atoms with van der Waals surface area (Å²) in [5, 5.41) is 100. The first-order chi connectivity index (χ1) is 34.6. The lowest BCUT2D eigenvalue weighted by atomic mass is 9.72. The lowest BCUT2D eigenvalue weighted by Gasteiger charge is -2.39. The molecule has 0 saturated carbocycles. The smallest absolute Gasteiger partial charge is 0.349 e. The van der Waals surface area contributed by atoms with E-state index >= 15 is 0 Å². The maximum absolute atomic E-state index is 14.0. The van der Waals surface area contributed by atoms with Crippen molar-refractivity contribution in [2.45, 2.75) is 80.1 Å². The normalized spacial score (nSPS) is 18.9. The summed E-state index contributed by atoms with van der Waals surface area (Å²) in [6.07, 6.45) is 1.17. The lowest BCUT2D eigenvalue weighted by molar-refractivity contribution is -0.148. The Morgan fingerprint density at radius 1 is 0.534 bits per heavy atom. The highest BCUT2D eigenvalue weighted by atomic mass is 16.6. The van der Waals surface area contributed by atoms with Gasteiger partial charge in [-0.25, -0.2) is 19.3 Å². The topological polar surface area (TPSA) is 314 Å². The van der Waals surface area contributed by atoms with Gasteiger partial charge in [0.25, 0.3) is 5.70 Å². The van der Waals surface area contributed by atoms with Crippen LogP contribution in [0, 0.1) is 80.6 Å². The molecular formula is C52H67N9O12. The zero-order chi connectivity index (χ0) is 54.7. The van der Waals surface area contributed by atoms with Crippen LogP contribution in [0.2, 0.25) is 0 Å². The van der Waals surface area contributed by atoms with E-state index in [-0.39, 0.29) is 132 Å². The van der Waals surface area contributed by atoms with Crippen molar-refractivity contribution in [2.75, 3.05) is 98.7 Å². The predicted octanol–water partition coefficient (Wildman–Crippen LogP) is 3.05. The number of allylic oxidation sites excluding steroid dienone is 8. The molecule has 73 heavy (non-hydrogen) atoms. The van der Waals surface area contributed by atoms with E-state index in [1.54, 1.807) is 14.7 Å². The second-order valence-corrected chi connectivity index (χ2v) is 20.2. The van der Waals surface area contributed by atoms with Gasteiger partial charge in [-0.15, -0.1) is 0 Å². The molecule has 21 heteroatoms. The molecule has 0 radical (unpaired) electrons. The molecule has 0 unspecified atom stereocenters. The number of ether oxygens (including phenoxy) is 3. The van der Waals surface area contributed by atoms with Crippen LogP contribution in [0.5, 0.6) is 0 Å². The Morgan fingerprint density at radius 2 is 0.849 bits per heavy atom. The van der Waals surface area contributed by atoms with Crippen LogP contribution in [0.4, 0.5) is 0 Å². The van der Waals surface area contributed by atoms with Crippen molar-refractivity contribution in [2.24, 2.45) is 22.2 Å². The van der Waals surface area contributed by atoms with Crippen molar-refractivity contribution in [1.29, 1.82) is 21.0 Å². The maximum Gasteiger partial charge on any atom is 0.349 e. The van der Waals surface area contributed by atoms with Gasteiger partial charge in [0.05, 0.1) is 76.5 Å². The van der Waals surface area contributed by atoms with E-state index in [2.05, 4.69) is 21.8 Å². The number of carbonyl (C=O) groups is 3. The van der Waals surface area contributed by atoms with Crippen molar-refractivity contribution in [1.82, 2.24) is 14.7 Å². The van der Waals surface area contributed by atoms with Crippen LogP contribution in [0.25, 0.3) is 9.69 Å². The minimum absolute atomic E-state index is 0.0145. The van der Waals surface area contributed by atoms with Gasteiger partial charge < -0.3 is 59.5 Å². The Kier molecular flexibility index (Phi) is 22.9. The van der Waals surface area contributed by atoms with Gasteiger partial charge in [0.1, 0.15) is 48.6 Å². The predicted molar refractivity (Wildman–Crippen MR) is 260 cm³/mol. The first-order valence-corrected chi connectivity index (χ1v) is 23.8. The largest absolute Gasteiger partial charge is 0.470 e. The summed E-state index contributed by atoms with van der Waals surface area (Å²) < 4.78 is 17.0. The Bertz CT molecular complexity index is 2250. The van der Waals surface area contributed by atoms with Gasteiger partial charge in [-0.1, -0.05) is 41.5 Å². The Morgan fingerprint density at radius 3 is 1.15 bits per heavy atom. The van der Waals surface area contributed by atoms with Crippen LogP contribution in [0.1, 0.15) is 80.1 Å². The van der Waals surface area contributed by atoms with Gasteiger partial charge in [0.2, 0.25) is 0 Å². The van der Waals surface area contributed by atoms with Crippen LogP contribution in [0.15, 0.2) is 67.5 Å². The third kappa shape index (κ3) is 15.7. The highest BCUT2D eigenvalue weighted by Gasteiger charge is 2.40. The highest BCUT2D eigenvalue weighted by Crippen LogP contribution is 2.47. The molecule has 0 saturated heterocycles. The monoisotopic (exact) mass is 1010 g/mol. The molecule has 0 heterocycles. The standard InChI is InChI=1S/C52H67N9O12/c1-50(2)21-35(38(27-53)42(24-50)59(9-15-62)10-16-63)40(29-55)47(68)71-31-34(32-72-48(69)41(30-56)36-22-51(3,4)25-43(39(36)28-54)60(11-17-64)12-18-65)33-73-49(70)46(58-8)37-23-52(5,6)26-44(45(37)57-7)61(13-19-66)14-20-67/h34,62-67H,9-26,31-33H2,1-6H3/b40-35+,41-36+,46-37-. The lowest BCUT2D eigenvalue weighted by Crippen LogP contribution is -2.35. The second kappa shape index (κ2) is 27.7. The third-order valence-electron chi connectivity index (χ3n) is 12.5. The minimum atomic E-state index is -1.26. The summed E-state index contributed by atoms with van der Waals surface area (Å²) in [6.45, 7) is 23.6. The number of rotatable bonds is 24. The van der Waals surface area contributed by atoms with Crippen LogP contribution in [-0.2, 0) is 28.6 Å². The van der Waals surface area contributed by atoms with Gasteiger partial charge in [0, 0.05) is 56.4 Å². The molecule has 0 fully saturated rings. The molecule has 0 aliphatic heterocycles. The van der Waals surface area contributed by atoms with Gasteiger partial charge in [-0.3, -0.25) is 4.79 Å². The van der Waals surface area contributed by atoms with Gasteiger partial charge in [0.15, 0.2) is 5.70 Å². The minimum Gasteiger partial charge on any atom is -0.470 e. The summed E-state index contributed by atoms with van der Waals surface area (Å²) >= 11 is 0. The molecule has 21 nitrogen and oxygen atoms in total. The van der Waals surface area contributed by atoms with E-state index in [0.717, 1.165) is 0 Å². The van der Waals surface area contributed by atoms with E-state index in [9.17, 15) is 66.1 Å². The molecule has 3 aliphatic carbocycles. The van der Waals surface area contributed by atoms with Crippen molar-refractivity contribution >= 4 is 17.9 Å². The number of hydrogen-bond acceptors (Lipinski definition) is 19. The number of carbonyl (C=O) groups excluding carboxylic acids is 3. The molecule has 0 aromatic carbocycles. The van der Waals surface area contributed by atoms with Crippen LogP contribution in [-0.4, -0.2) is 162 Å². The first kappa shape index (κ1) is 60.3. The number of nitriles is 4. The Balaban J connectivity index is 2.18. The molecule has 0 bridgehead atoms. The summed E-state index contributed by atoms with van der Waals surface area (Å²) in [5.74, 6) is -4.83. The van der Waals surface area contributed by atoms with Crippen LogP contribution < -0.4 is 0 Å². The second-order valence-electron chi connectivity index (χ2n) is 20.2. The van der Waals surface area contributed by atoms with Crippen LogP contribution >= 0.6 is 0 Å². The summed E-state index contributed by atoms with van der Waals surface area (Å²) in [5.41, 5.74) is -2.15.